The summed E-state index contributed by atoms with van der Waals surface area (Å²) in [6.45, 7) is -0.415. The van der Waals surface area contributed by atoms with Crippen molar-refractivity contribution < 1.29 is 24.9 Å². The van der Waals surface area contributed by atoms with Gasteiger partial charge in [0.05, 0.1) is 12.7 Å². The van der Waals surface area contributed by atoms with Crippen LogP contribution in [0, 0.1) is 0 Å². The van der Waals surface area contributed by atoms with Gasteiger partial charge in [-0.3, -0.25) is 14.3 Å². The van der Waals surface area contributed by atoms with Crippen LogP contribution in [0.15, 0.2) is 15.8 Å². The van der Waals surface area contributed by atoms with Crippen LogP contribution in [0.5, 0.6) is 0 Å². The van der Waals surface area contributed by atoms with E-state index < -0.39 is 48.7 Å². The number of nitrogens with zero attached hydrogens (tertiary/aromatic N) is 1. The number of aliphatic carboxylic acids is 1. The summed E-state index contributed by atoms with van der Waals surface area (Å²) < 4.78 is 6.25. The van der Waals surface area contributed by atoms with E-state index in [-0.39, 0.29) is 12.0 Å². The van der Waals surface area contributed by atoms with Crippen molar-refractivity contribution in [2.24, 2.45) is 0 Å². The van der Waals surface area contributed by atoms with Crippen molar-refractivity contribution in [3.63, 3.8) is 0 Å². The van der Waals surface area contributed by atoms with E-state index in [0.29, 0.717) is 0 Å². The first-order valence-electron chi connectivity index (χ1n) is 5.91. The van der Waals surface area contributed by atoms with Crippen LogP contribution in [0.25, 0.3) is 0 Å². The van der Waals surface area contributed by atoms with Crippen LogP contribution in [0.2, 0.25) is 0 Å². The van der Waals surface area contributed by atoms with Crippen molar-refractivity contribution >= 4 is 5.97 Å². The summed E-state index contributed by atoms with van der Waals surface area (Å²) in [6.07, 6.45) is -2.20. The minimum Gasteiger partial charge on any atom is -0.550 e. The third-order valence-corrected chi connectivity index (χ3v) is 3.07. The molecule has 0 radical (unpaired) electrons. The Labute approximate surface area is 112 Å². The number of ether oxygens (including phenoxy) is 1. The fraction of sp³-hybridized carbons (Fsp3) is 0.545. The molecule has 0 saturated carbocycles. The van der Waals surface area contributed by atoms with Crippen LogP contribution in [0.4, 0.5) is 0 Å². The molecule has 3 unspecified atom stereocenters. The van der Waals surface area contributed by atoms with Gasteiger partial charge in [0.25, 0.3) is 5.56 Å². The Morgan fingerprint density at radius 1 is 1.55 bits per heavy atom. The van der Waals surface area contributed by atoms with Gasteiger partial charge in [0.15, 0.2) is 0 Å². The molecule has 1 aliphatic rings. The maximum atomic E-state index is 11.7. The van der Waals surface area contributed by atoms with Crippen molar-refractivity contribution in [1.29, 1.82) is 0 Å². The molecule has 0 spiro atoms. The lowest BCUT2D eigenvalue weighted by molar-refractivity contribution is -0.304. The van der Waals surface area contributed by atoms with Gasteiger partial charge in [0.2, 0.25) is 0 Å². The first-order valence-corrected chi connectivity index (χ1v) is 5.91. The summed E-state index contributed by atoms with van der Waals surface area (Å²) in [5.41, 5.74) is -1.75. The highest BCUT2D eigenvalue weighted by Gasteiger charge is 2.35. The maximum absolute atomic E-state index is 11.7. The Balaban J connectivity index is 2.35. The largest absolute Gasteiger partial charge is 0.550 e. The van der Waals surface area contributed by atoms with E-state index in [1.807, 2.05) is 4.98 Å². The van der Waals surface area contributed by atoms with Gasteiger partial charge in [-0.15, -0.1) is 0 Å². The quantitative estimate of drug-likeness (QED) is 0.519. The number of carbonyl (C=O) groups is 1. The molecule has 2 heterocycles. The monoisotopic (exact) mass is 285 g/mol. The third kappa shape index (κ3) is 2.79. The molecule has 0 amide bonds. The van der Waals surface area contributed by atoms with Crippen molar-refractivity contribution in [1.82, 2.24) is 9.55 Å². The summed E-state index contributed by atoms with van der Waals surface area (Å²) >= 11 is 0. The zero-order chi connectivity index (χ0) is 14.9. The number of aromatic nitrogens is 2. The lowest BCUT2D eigenvalue weighted by Crippen LogP contribution is -2.36. The standard InChI is InChI=1S/C11H14N2O7/c14-4-7-6(15)2-8(20-7)13-3-5(1-9(16)17)10(18)12-11(13)19/h3,6-8,14-15H,1-2,4H2,(H,16,17)(H,12,18,19)/p-1. The molecule has 110 valence electrons. The van der Waals surface area contributed by atoms with E-state index in [9.17, 15) is 24.6 Å². The molecular formula is C11H13N2O7-. The first kappa shape index (κ1) is 14.4. The van der Waals surface area contributed by atoms with E-state index in [0.717, 1.165) is 10.8 Å². The van der Waals surface area contributed by atoms with Gasteiger partial charge in [0, 0.05) is 30.6 Å². The van der Waals surface area contributed by atoms with E-state index >= 15 is 0 Å². The summed E-state index contributed by atoms with van der Waals surface area (Å²) in [5.74, 6) is -1.46. The summed E-state index contributed by atoms with van der Waals surface area (Å²) in [7, 11) is 0. The second kappa shape index (κ2) is 5.57. The smallest absolute Gasteiger partial charge is 0.330 e. The van der Waals surface area contributed by atoms with Gasteiger partial charge in [-0.1, -0.05) is 0 Å². The molecule has 2 rings (SSSR count). The Kier molecular flexibility index (Phi) is 4.02. The van der Waals surface area contributed by atoms with E-state index in [2.05, 4.69) is 0 Å². The van der Waals surface area contributed by atoms with Gasteiger partial charge >= 0.3 is 5.69 Å². The molecule has 3 atom stereocenters. The number of hydrogen-bond acceptors (Lipinski definition) is 7. The van der Waals surface area contributed by atoms with Crippen LogP contribution in [0.3, 0.4) is 0 Å². The van der Waals surface area contributed by atoms with Crippen molar-refractivity contribution in [2.45, 2.75) is 31.3 Å². The number of rotatable bonds is 4. The molecule has 0 bridgehead atoms. The number of hydrogen-bond donors (Lipinski definition) is 3. The normalized spacial score (nSPS) is 25.8. The number of aliphatic hydroxyl groups is 2. The van der Waals surface area contributed by atoms with E-state index in [4.69, 9.17) is 9.84 Å². The number of nitrogens with one attached hydrogen (secondary N) is 1. The number of carbonyl (C=O) groups excluding carboxylic acids is 1. The molecule has 1 saturated heterocycles. The van der Waals surface area contributed by atoms with Crippen molar-refractivity contribution in [3.8, 4) is 0 Å². The average molecular weight is 285 g/mol. The van der Waals surface area contributed by atoms with Crippen molar-refractivity contribution in [2.75, 3.05) is 6.61 Å². The van der Waals surface area contributed by atoms with Crippen LogP contribution in [-0.4, -0.2) is 44.5 Å². The number of aromatic amines is 1. The molecule has 1 aromatic heterocycles. The number of carboxylic acids is 1. The zero-order valence-electron chi connectivity index (χ0n) is 10.3. The number of carboxylic acid groups (broad SMARTS) is 1. The highest BCUT2D eigenvalue weighted by Crippen LogP contribution is 2.27. The lowest BCUT2D eigenvalue weighted by atomic mass is 10.2. The topological polar surface area (TPSA) is 145 Å². The van der Waals surface area contributed by atoms with Gasteiger partial charge in [0.1, 0.15) is 12.3 Å². The molecular weight excluding hydrogens is 272 g/mol. The predicted octanol–water partition coefficient (Wildman–Crippen LogP) is -3.53. The zero-order valence-corrected chi connectivity index (χ0v) is 10.3. The van der Waals surface area contributed by atoms with Crippen LogP contribution in [0.1, 0.15) is 18.2 Å². The van der Waals surface area contributed by atoms with Gasteiger partial charge in [-0.2, -0.15) is 0 Å². The highest BCUT2D eigenvalue weighted by molar-refractivity contribution is 5.67. The molecule has 1 aliphatic heterocycles. The summed E-state index contributed by atoms with van der Waals surface area (Å²) in [6, 6.07) is 0. The fourth-order valence-electron chi connectivity index (χ4n) is 2.07. The Bertz CT molecular complexity index is 620. The Hall–Kier alpha value is -1.97. The van der Waals surface area contributed by atoms with Gasteiger partial charge in [-0.25, -0.2) is 4.79 Å². The Morgan fingerprint density at radius 3 is 2.80 bits per heavy atom. The fourth-order valence-corrected chi connectivity index (χ4v) is 2.07. The Morgan fingerprint density at radius 2 is 2.25 bits per heavy atom. The molecule has 1 aromatic rings. The average Bonchev–Trinajstić information content (AvgIpc) is 2.73. The first-order chi connectivity index (χ1) is 9.42. The third-order valence-electron chi connectivity index (χ3n) is 3.07. The highest BCUT2D eigenvalue weighted by atomic mass is 16.5. The van der Waals surface area contributed by atoms with Crippen LogP contribution in [-0.2, 0) is 16.0 Å². The molecule has 9 nitrogen and oxygen atoms in total. The SMILES string of the molecule is O=C([O-])Cc1cn(C2CC(O)C(CO)O2)c(=O)[nH]c1=O. The molecule has 1 fully saturated rings. The van der Waals surface area contributed by atoms with Crippen molar-refractivity contribution in [3.05, 3.63) is 32.6 Å². The minimum absolute atomic E-state index is 0.0436. The summed E-state index contributed by atoms with van der Waals surface area (Å²) in [4.78, 5) is 35.6. The second-order valence-electron chi connectivity index (χ2n) is 4.48. The molecule has 0 aromatic carbocycles. The van der Waals surface area contributed by atoms with Gasteiger partial charge in [-0.05, 0) is 0 Å². The van der Waals surface area contributed by atoms with Gasteiger partial charge < -0.3 is 24.9 Å². The summed E-state index contributed by atoms with van der Waals surface area (Å²) in [5, 5.41) is 29.1. The lowest BCUT2D eigenvalue weighted by Gasteiger charge is -2.15. The number of H-pyrrole nitrogens is 1. The van der Waals surface area contributed by atoms with E-state index in [1.165, 1.54) is 0 Å². The maximum Gasteiger partial charge on any atom is 0.330 e. The predicted molar refractivity (Wildman–Crippen MR) is 61.7 cm³/mol. The molecule has 3 N–H and O–H groups in total. The van der Waals surface area contributed by atoms with E-state index in [1.54, 1.807) is 0 Å². The number of aliphatic hydroxyl groups excluding tert-OH is 2. The minimum atomic E-state index is -1.46. The molecule has 0 aliphatic carbocycles. The van der Waals surface area contributed by atoms with Crippen LogP contribution < -0.4 is 16.4 Å². The second-order valence-corrected chi connectivity index (χ2v) is 4.48. The van der Waals surface area contributed by atoms with Crippen LogP contribution >= 0.6 is 0 Å². The molecule has 9 heteroatoms. The molecule has 20 heavy (non-hydrogen) atoms.